The maximum absolute atomic E-state index is 4.99. The Hall–Kier alpha value is -0.570. The molecule has 0 aromatic heterocycles. The van der Waals surface area contributed by atoms with Gasteiger partial charge in [0.2, 0.25) is 0 Å². The SMILES string of the molecule is [CH2]CCOCC=NOC. The lowest BCUT2D eigenvalue weighted by molar-refractivity contribution is 0.170. The summed E-state index contributed by atoms with van der Waals surface area (Å²) in [5, 5.41) is 3.47. The Morgan fingerprint density at radius 2 is 2.44 bits per heavy atom. The van der Waals surface area contributed by atoms with Gasteiger partial charge in [-0.25, -0.2) is 0 Å². The molecule has 0 rings (SSSR count). The van der Waals surface area contributed by atoms with E-state index in [0.29, 0.717) is 13.2 Å². The molecule has 0 bridgehead atoms. The molecule has 0 amide bonds. The van der Waals surface area contributed by atoms with Crippen molar-refractivity contribution in [1.29, 1.82) is 0 Å². The molecule has 0 fully saturated rings. The quantitative estimate of drug-likeness (QED) is 0.314. The Kier molecular flexibility index (Phi) is 6.96. The lowest BCUT2D eigenvalue weighted by Crippen LogP contribution is -1.96. The van der Waals surface area contributed by atoms with Crippen molar-refractivity contribution in [2.75, 3.05) is 20.3 Å². The van der Waals surface area contributed by atoms with Gasteiger partial charge in [-0.3, -0.25) is 0 Å². The molecular formula is C6H12NO2. The number of hydrogen-bond donors (Lipinski definition) is 0. The van der Waals surface area contributed by atoms with Gasteiger partial charge in [-0.1, -0.05) is 12.1 Å². The number of rotatable bonds is 5. The molecule has 53 valence electrons. The van der Waals surface area contributed by atoms with Crippen molar-refractivity contribution in [3.8, 4) is 0 Å². The normalized spacial score (nSPS) is 10.4. The molecule has 0 saturated heterocycles. The van der Waals surface area contributed by atoms with E-state index in [1.54, 1.807) is 6.21 Å². The van der Waals surface area contributed by atoms with Crippen LogP contribution in [0.25, 0.3) is 0 Å². The summed E-state index contributed by atoms with van der Waals surface area (Å²) in [5.41, 5.74) is 0. The summed E-state index contributed by atoms with van der Waals surface area (Å²) in [7, 11) is 1.50. The standard InChI is InChI=1S/C6H12NO2/c1-3-5-9-6-4-7-8-2/h4H,1,3,5-6H2,2H3. The maximum Gasteiger partial charge on any atom is 0.106 e. The fourth-order valence-electron chi connectivity index (χ4n) is 0.343. The summed E-state index contributed by atoms with van der Waals surface area (Å²) >= 11 is 0. The molecule has 3 heteroatoms. The first kappa shape index (κ1) is 8.43. The van der Waals surface area contributed by atoms with Gasteiger partial charge in [0.05, 0.1) is 12.8 Å². The van der Waals surface area contributed by atoms with Crippen LogP contribution in [0, 0.1) is 6.92 Å². The second-order valence-corrected chi connectivity index (χ2v) is 1.40. The zero-order chi connectivity index (χ0) is 6.95. The van der Waals surface area contributed by atoms with E-state index in [-0.39, 0.29) is 0 Å². The van der Waals surface area contributed by atoms with Gasteiger partial charge in [0.25, 0.3) is 0 Å². The van der Waals surface area contributed by atoms with Crippen molar-refractivity contribution in [2.24, 2.45) is 5.16 Å². The Bertz CT molecular complexity index is 73.5. The fourth-order valence-corrected chi connectivity index (χ4v) is 0.343. The van der Waals surface area contributed by atoms with Gasteiger partial charge in [-0.2, -0.15) is 0 Å². The Balaban J connectivity index is 2.82. The van der Waals surface area contributed by atoms with Gasteiger partial charge in [0, 0.05) is 6.61 Å². The Morgan fingerprint density at radius 1 is 1.67 bits per heavy atom. The predicted molar refractivity (Wildman–Crippen MR) is 36.3 cm³/mol. The van der Waals surface area contributed by atoms with Crippen LogP contribution in [0.5, 0.6) is 0 Å². The second kappa shape index (κ2) is 7.43. The second-order valence-electron chi connectivity index (χ2n) is 1.40. The van der Waals surface area contributed by atoms with Gasteiger partial charge in [-0.15, -0.1) is 0 Å². The van der Waals surface area contributed by atoms with Crippen LogP contribution in [-0.2, 0) is 9.57 Å². The summed E-state index contributed by atoms with van der Waals surface area (Å²) in [6.07, 6.45) is 2.36. The monoisotopic (exact) mass is 130 g/mol. The molecule has 0 aliphatic carbocycles. The van der Waals surface area contributed by atoms with Crippen LogP contribution in [-0.4, -0.2) is 26.5 Å². The zero-order valence-electron chi connectivity index (χ0n) is 5.67. The van der Waals surface area contributed by atoms with Gasteiger partial charge >= 0.3 is 0 Å². The zero-order valence-corrected chi connectivity index (χ0v) is 5.67. The average molecular weight is 130 g/mol. The van der Waals surface area contributed by atoms with Crippen molar-refractivity contribution >= 4 is 6.21 Å². The Morgan fingerprint density at radius 3 is 3.00 bits per heavy atom. The molecule has 0 aromatic carbocycles. The summed E-state index contributed by atoms with van der Waals surface area (Å²) in [5.74, 6) is 0. The van der Waals surface area contributed by atoms with Gasteiger partial charge < -0.3 is 9.57 Å². The largest absolute Gasteiger partial charge is 0.399 e. The van der Waals surface area contributed by atoms with Crippen molar-refractivity contribution in [3.63, 3.8) is 0 Å². The molecule has 0 aliphatic heterocycles. The van der Waals surface area contributed by atoms with Crippen LogP contribution in [0.3, 0.4) is 0 Å². The predicted octanol–water partition coefficient (Wildman–Crippen LogP) is 0.859. The van der Waals surface area contributed by atoms with E-state index in [4.69, 9.17) is 4.74 Å². The average Bonchev–Trinajstić information content (AvgIpc) is 1.89. The van der Waals surface area contributed by atoms with Crippen LogP contribution < -0.4 is 0 Å². The molecule has 0 heterocycles. The van der Waals surface area contributed by atoms with Crippen LogP contribution in [0.1, 0.15) is 6.42 Å². The summed E-state index contributed by atoms with van der Waals surface area (Å²) in [6.45, 7) is 4.78. The van der Waals surface area contributed by atoms with E-state index < -0.39 is 0 Å². The number of hydrogen-bond acceptors (Lipinski definition) is 3. The highest BCUT2D eigenvalue weighted by atomic mass is 16.6. The number of oxime groups is 1. The molecular weight excluding hydrogens is 118 g/mol. The lowest BCUT2D eigenvalue weighted by Gasteiger charge is -1.93. The van der Waals surface area contributed by atoms with E-state index in [2.05, 4.69) is 16.9 Å². The van der Waals surface area contributed by atoms with Crippen molar-refractivity contribution in [3.05, 3.63) is 6.92 Å². The van der Waals surface area contributed by atoms with Crippen LogP contribution >= 0.6 is 0 Å². The van der Waals surface area contributed by atoms with E-state index in [1.807, 2.05) is 0 Å². The third-order valence-corrected chi connectivity index (χ3v) is 0.661. The van der Waals surface area contributed by atoms with Crippen molar-refractivity contribution < 1.29 is 9.57 Å². The number of ether oxygens (including phenoxy) is 1. The van der Waals surface area contributed by atoms with Crippen LogP contribution in [0.15, 0.2) is 5.16 Å². The highest BCUT2D eigenvalue weighted by molar-refractivity contribution is 5.57. The molecule has 3 nitrogen and oxygen atoms in total. The first-order valence-electron chi connectivity index (χ1n) is 2.83. The van der Waals surface area contributed by atoms with Gasteiger partial charge in [0.1, 0.15) is 7.11 Å². The summed E-state index contributed by atoms with van der Waals surface area (Å²) in [6, 6.07) is 0. The third-order valence-electron chi connectivity index (χ3n) is 0.661. The molecule has 0 N–H and O–H groups in total. The summed E-state index contributed by atoms with van der Waals surface area (Å²) in [4.78, 5) is 4.40. The highest BCUT2D eigenvalue weighted by Crippen LogP contribution is 1.76. The first-order valence-corrected chi connectivity index (χ1v) is 2.83. The topological polar surface area (TPSA) is 30.8 Å². The molecule has 0 atom stereocenters. The molecule has 0 aliphatic rings. The van der Waals surface area contributed by atoms with Crippen LogP contribution in [0.2, 0.25) is 0 Å². The highest BCUT2D eigenvalue weighted by Gasteiger charge is 1.78. The smallest absolute Gasteiger partial charge is 0.106 e. The maximum atomic E-state index is 4.99. The minimum atomic E-state index is 0.503. The molecule has 0 unspecified atom stereocenters. The van der Waals surface area contributed by atoms with E-state index in [9.17, 15) is 0 Å². The first-order chi connectivity index (χ1) is 4.41. The summed E-state index contributed by atoms with van der Waals surface area (Å²) < 4.78 is 4.99. The molecule has 9 heavy (non-hydrogen) atoms. The van der Waals surface area contributed by atoms with E-state index >= 15 is 0 Å². The minimum Gasteiger partial charge on any atom is -0.399 e. The minimum absolute atomic E-state index is 0.503. The van der Waals surface area contributed by atoms with Crippen molar-refractivity contribution in [1.82, 2.24) is 0 Å². The van der Waals surface area contributed by atoms with E-state index in [1.165, 1.54) is 7.11 Å². The molecule has 0 saturated carbocycles. The van der Waals surface area contributed by atoms with Gasteiger partial charge in [0.15, 0.2) is 0 Å². The third kappa shape index (κ3) is 7.43. The Labute approximate surface area is 55.6 Å². The number of nitrogens with zero attached hydrogens (tertiary/aromatic N) is 1. The van der Waals surface area contributed by atoms with E-state index in [0.717, 1.165) is 6.42 Å². The molecule has 0 aromatic rings. The van der Waals surface area contributed by atoms with Gasteiger partial charge in [-0.05, 0) is 6.42 Å². The van der Waals surface area contributed by atoms with Crippen LogP contribution in [0.4, 0.5) is 0 Å². The van der Waals surface area contributed by atoms with Crippen molar-refractivity contribution in [2.45, 2.75) is 6.42 Å². The lowest BCUT2D eigenvalue weighted by atomic mass is 10.5. The fraction of sp³-hybridized carbons (Fsp3) is 0.667. The molecule has 0 spiro atoms. The molecule has 1 radical (unpaired) electrons.